The van der Waals surface area contributed by atoms with E-state index in [0.29, 0.717) is 17.4 Å². The molecule has 3 atom stereocenters. The molecule has 0 radical (unpaired) electrons. The predicted octanol–water partition coefficient (Wildman–Crippen LogP) is 19.4. The van der Waals surface area contributed by atoms with Gasteiger partial charge in [0, 0.05) is 6.42 Å². The zero-order chi connectivity index (χ0) is 55.6. The van der Waals surface area contributed by atoms with E-state index < -0.39 is 26.6 Å². The molecule has 0 saturated heterocycles. The molecule has 0 aromatic heterocycles. The zero-order valence-corrected chi connectivity index (χ0v) is 51.3. The summed E-state index contributed by atoms with van der Waals surface area (Å²) in [5.74, 6) is -0.205. The van der Waals surface area contributed by atoms with E-state index in [1.54, 1.807) is 6.08 Å². The summed E-state index contributed by atoms with van der Waals surface area (Å²) in [5, 5.41) is 13.9. The van der Waals surface area contributed by atoms with E-state index >= 15 is 0 Å². The third-order valence-corrected chi connectivity index (χ3v) is 15.1. The maximum Gasteiger partial charge on any atom is 0.268 e. The first-order chi connectivity index (χ1) is 37.0. The molecule has 0 rings (SSSR count). The Kier molecular flexibility index (Phi) is 55.6. The molecule has 76 heavy (non-hydrogen) atoms. The third kappa shape index (κ3) is 59.3. The number of hydrogen-bond donors (Lipinski definition) is 2. The molecule has 0 saturated carbocycles. The van der Waals surface area contributed by atoms with E-state index in [0.717, 1.165) is 70.6 Å². The lowest BCUT2D eigenvalue weighted by Crippen LogP contribution is -2.45. The van der Waals surface area contributed by atoms with Crippen LogP contribution in [0.5, 0.6) is 0 Å². The molecule has 0 fully saturated rings. The lowest BCUT2D eigenvalue weighted by molar-refractivity contribution is -0.870. The molecule has 2 N–H and O–H groups in total. The minimum absolute atomic E-state index is 0.00693. The summed E-state index contributed by atoms with van der Waals surface area (Å²) in [6, 6.07) is -0.904. The van der Waals surface area contributed by atoms with Gasteiger partial charge in [0.25, 0.3) is 7.82 Å². The number of hydrogen-bond acceptors (Lipinski definition) is 6. The molecule has 0 aliphatic heterocycles. The number of phosphoric acid groups is 1. The number of allylic oxidation sites excluding steroid dienone is 13. The number of aliphatic hydroxyl groups excluding tert-OH is 1. The Labute approximate surface area is 471 Å². The average Bonchev–Trinajstić information content (AvgIpc) is 3.38. The van der Waals surface area contributed by atoms with Gasteiger partial charge in [-0.2, -0.15) is 0 Å². The van der Waals surface area contributed by atoms with E-state index in [1.807, 2.05) is 27.2 Å². The number of phosphoric ester groups is 1. The summed E-state index contributed by atoms with van der Waals surface area (Å²) in [4.78, 5) is 25.5. The van der Waals surface area contributed by atoms with Crippen molar-refractivity contribution in [1.29, 1.82) is 0 Å². The van der Waals surface area contributed by atoms with Gasteiger partial charge >= 0.3 is 0 Å². The van der Waals surface area contributed by atoms with Gasteiger partial charge in [-0.25, -0.2) is 0 Å². The number of unbranched alkanes of at least 4 members (excludes halogenated alkanes) is 33. The Morgan fingerprint density at radius 2 is 0.816 bits per heavy atom. The highest BCUT2D eigenvalue weighted by Gasteiger charge is 2.23. The Morgan fingerprint density at radius 3 is 1.22 bits per heavy atom. The fraction of sp³-hybridized carbons (Fsp3) is 0.776. The Balaban J connectivity index is 3.95. The topological polar surface area (TPSA) is 108 Å². The maximum absolute atomic E-state index is 13.0. The smallest absolute Gasteiger partial charge is 0.268 e. The molecule has 8 nitrogen and oxygen atoms in total. The second-order valence-corrected chi connectivity index (χ2v) is 24.1. The zero-order valence-electron chi connectivity index (χ0n) is 50.4. The first kappa shape index (κ1) is 73.7. The van der Waals surface area contributed by atoms with Crippen molar-refractivity contribution in [2.45, 2.75) is 296 Å². The Morgan fingerprint density at radius 1 is 0.474 bits per heavy atom. The van der Waals surface area contributed by atoms with Crippen molar-refractivity contribution in [3.63, 3.8) is 0 Å². The van der Waals surface area contributed by atoms with Crippen LogP contribution in [0.2, 0.25) is 0 Å². The number of nitrogens with one attached hydrogen (secondary N) is 1. The van der Waals surface area contributed by atoms with E-state index in [2.05, 4.69) is 92.1 Å². The van der Waals surface area contributed by atoms with Crippen LogP contribution in [0, 0.1) is 0 Å². The minimum atomic E-state index is -4.61. The van der Waals surface area contributed by atoms with Gasteiger partial charge < -0.3 is 28.8 Å². The van der Waals surface area contributed by atoms with Crippen LogP contribution in [-0.2, 0) is 18.4 Å². The molecule has 442 valence electrons. The van der Waals surface area contributed by atoms with Crippen molar-refractivity contribution in [2.24, 2.45) is 0 Å². The number of quaternary nitrogens is 1. The van der Waals surface area contributed by atoms with Gasteiger partial charge in [-0.1, -0.05) is 285 Å². The molecule has 3 unspecified atom stereocenters. The van der Waals surface area contributed by atoms with Gasteiger partial charge in [0.15, 0.2) is 0 Å². The van der Waals surface area contributed by atoms with E-state index in [1.165, 1.54) is 193 Å². The second-order valence-electron chi connectivity index (χ2n) is 22.7. The standard InChI is InChI=1S/C67H123N2O6P/c1-6-8-10-12-14-16-18-20-22-23-24-25-26-27-28-29-30-31-32-33-34-35-36-37-38-39-40-41-42-43-44-45-47-49-51-53-55-57-59-61-67(71)68-65(64-75-76(72,73)74-63-62-69(3,4)5)66(70)60-58-56-54-52-50-48-46-21-19-17-15-13-11-9-7-2/h8,10,14,16,20,22,24-25,27-28,50,52,58,60,65-66,70H,6-7,9,11-13,15,17-19,21,23,26,29-49,51,53-57,59,61-64H2,1-5H3,(H-,68,71,72,73)/b10-8-,16-14-,22-20-,25-24-,28-27-,52-50+,60-58+. The molecule has 0 heterocycles. The second kappa shape index (κ2) is 57.4. The first-order valence-electron chi connectivity index (χ1n) is 31.9. The molecule has 0 aromatic carbocycles. The number of nitrogens with zero attached hydrogens (tertiary/aromatic N) is 1. The van der Waals surface area contributed by atoms with Crippen molar-refractivity contribution in [3.8, 4) is 0 Å². The van der Waals surface area contributed by atoms with Crippen molar-refractivity contribution in [2.75, 3.05) is 40.9 Å². The van der Waals surface area contributed by atoms with Crippen LogP contribution in [0.15, 0.2) is 85.1 Å². The molecular weight excluding hydrogens is 960 g/mol. The molecule has 0 aromatic rings. The van der Waals surface area contributed by atoms with Crippen LogP contribution in [0.4, 0.5) is 0 Å². The number of amides is 1. The molecule has 1 amide bonds. The molecule has 9 heteroatoms. The summed E-state index contributed by atoms with van der Waals surface area (Å²) in [6.45, 7) is 4.52. The third-order valence-electron chi connectivity index (χ3n) is 14.1. The first-order valence-corrected chi connectivity index (χ1v) is 33.4. The molecule has 0 aliphatic carbocycles. The SMILES string of the molecule is CC/C=C\C/C=C\C/C=C\C/C=C\C/C=C\CCCCCCCCCCCCCCCCCCCCCCCCCC(=O)NC(COP(=O)([O-])OCC[N+](C)(C)C)C(O)/C=C/CC/C=C/CCCCCCCCCCC. The molecular formula is C67H123N2O6P. The van der Waals surface area contributed by atoms with Gasteiger partial charge in [-0.3, -0.25) is 9.36 Å². The number of carbonyl (C=O) groups excluding carboxylic acids is 1. The minimum Gasteiger partial charge on any atom is -0.756 e. The lowest BCUT2D eigenvalue weighted by Gasteiger charge is -2.29. The Hall–Kier alpha value is -2.32. The quantitative estimate of drug-likeness (QED) is 0.0272. The summed E-state index contributed by atoms with van der Waals surface area (Å²) >= 11 is 0. The van der Waals surface area contributed by atoms with Crippen LogP contribution in [0.3, 0.4) is 0 Å². The van der Waals surface area contributed by atoms with Gasteiger partial charge in [0.1, 0.15) is 13.2 Å². The Bertz CT molecular complexity index is 1510. The number of likely N-dealkylation sites (N-methyl/N-ethyl adjacent to an activating group) is 1. The fourth-order valence-corrected chi connectivity index (χ4v) is 9.86. The van der Waals surface area contributed by atoms with Crippen LogP contribution in [0.25, 0.3) is 0 Å². The number of rotatable bonds is 58. The van der Waals surface area contributed by atoms with E-state index in [-0.39, 0.29) is 12.5 Å². The van der Waals surface area contributed by atoms with Gasteiger partial charge in [-0.05, 0) is 77.0 Å². The van der Waals surface area contributed by atoms with Crippen molar-refractivity contribution >= 4 is 13.7 Å². The highest BCUT2D eigenvalue weighted by molar-refractivity contribution is 7.45. The summed E-state index contributed by atoms with van der Waals surface area (Å²) < 4.78 is 23.3. The van der Waals surface area contributed by atoms with Crippen LogP contribution >= 0.6 is 7.82 Å². The lowest BCUT2D eigenvalue weighted by atomic mass is 10.0. The van der Waals surface area contributed by atoms with Crippen molar-refractivity contribution in [1.82, 2.24) is 5.32 Å². The highest BCUT2D eigenvalue weighted by Crippen LogP contribution is 2.38. The predicted molar refractivity (Wildman–Crippen MR) is 330 cm³/mol. The van der Waals surface area contributed by atoms with Crippen LogP contribution in [-0.4, -0.2) is 68.5 Å². The van der Waals surface area contributed by atoms with Crippen LogP contribution < -0.4 is 10.2 Å². The highest BCUT2D eigenvalue weighted by atomic mass is 31.2. The normalized spacial score (nSPS) is 14.4. The van der Waals surface area contributed by atoms with Gasteiger partial charge in [-0.15, -0.1) is 0 Å². The fourth-order valence-electron chi connectivity index (χ4n) is 9.14. The van der Waals surface area contributed by atoms with E-state index in [9.17, 15) is 19.4 Å². The monoisotopic (exact) mass is 1080 g/mol. The number of carbonyl (C=O) groups is 1. The summed E-state index contributed by atoms with van der Waals surface area (Å²) in [5.41, 5.74) is 0. The molecule has 0 bridgehead atoms. The maximum atomic E-state index is 13.0. The van der Waals surface area contributed by atoms with Gasteiger partial charge in [0.05, 0.1) is 39.9 Å². The average molecular weight is 1080 g/mol. The molecule has 0 spiro atoms. The van der Waals surface area contributed by atoms with E-state index in [4.69, 9.17) is 9.05 Å². The number of aliphatic hydroxyl groups is 1. The van der Waals surface area contributed by atoms with Gasteiger partial charge in [0.2, 0.25) is 5.91 Å². The molecule has 0 aliphatic rings. The van der Waals surface area contributed by atoms with Crippen molar-refractivity contribution in [3.05, 3.63) is 85.1 Å². The summed E-state index contributed by atoms with van der Waals surface area (Å²) in [7, 11) is 1.25. The van der Waals surface area contributed by atoms with Crippen LogP contribution in [0.1, 0.15) is 284 Å². The largest absolute Gasteiger partial charge is 0.756 e. The summed E-state index contributed by atoms with van der Waals surface area (Å²) in [6.07, 6.45) is 81.3. The van der Waals surface area contributed by atoms with Crippen molar-refractivity contribution < 1.29 is 32.9 Å².